The molecule has 2 atom stereocenters. The van der Waals surface area contributed by atoms with E-state index in [1.807, 2.05) is 30.3 Å². The number of nitrogens with one attached hydrogen (secondary N) is 1. The van der Waals surface area contributed by atoms with E-state index in [0.29, 0.717) is 30.8 Å². The zero-order valence-electron chi connectivity index (χ0n) is 18.9. The fourth-order valence-corrected chi connectivity index (χ4v) is 5.13. The number of carbonyl (C=O) groups excluding carboxylic acids is 1. The highest BCUT2D eigenvalue weighted by Gasteiger charge is 2.42. The summed E-state index contributed by atoms with van der Waals surface area (Å²) < 4.78 is 54.3. The molecule has 3 aromatic carbocycles. The number of benzene rings is 3. The van der Waals surface area contributed by atoms with Crippen LogP contribution in [0.2, 0.25) is 0 Å². The quantitative estimate of drug-likeness (QED) is 0.529. The van der Waals surface area contributed by atoms with Crippen LogP contribution in [-0.4, -0.2) is 31.6 Å². The molecule has 35 heavy (non-hydrogen) atoms. The van der Waals surface area contributed by atoms with Crippen LogP contribution in [0.4, 0.5) is 28.9 Å². The van der Waals surface area contributed by atoms with E-state index in [2.05, 4.69) is 15.1 Å². The second-order valence-corrected chi connectivity index (χ2v) is 9.00. The first-order valence-corrected chi connectivity index (χ1v) is 11.6. The molecule has 0 saturated carbocycles. The third-order valence-electron chi connectivity index (χ3n) is 6.91. The minimum atomic E-state index is -4.46. The average Bonchev–Trinajstić information content (AvgIpc) is 2.87. The highest BCUT2D eigenvalue weighted by molar-refractivity contribution is 5.82. The predicted molar refractivity (Wildman–Crippen MR) is 127 cm³/mol. The lowest BCUT2D eigenvalue weighted by atomic mass is 9.82. The Labute approximate surface area is 201 Å². The molecule has 0 aliphatic carbocycles. The number of rotatable bonds is 4. The normalized spacial score (nSPS) is 19.7. The SMILES string of the molecule is O=C(NCc1ccccc1F)[C@@H]1Cc2cc(C(F)(F)F)ccc2N2CCN(c3ccccc3)C[C@H]12. The summed E-state index contributed by atoms with van der Waals surface area (Å²) in [5.41, 5.74) is 1.94. The van der Waals surface area contributed by atoms with Gasteiger partial charge in [0.1, 0.15) is 5.82 Å². The molecular weight excluding hydrogens is 458 g/mol. The third kappa shape index (κ3) is 4.70. The second-order valence-electron chi connectivity index (χ2n) is 9.00. The van der Waals surface area contributed by atoms with E-state index in [0.717, 1.165) is 23.5 Å². The summed E-state index contributed by atoms with van der Waals surface area (Å²) in [6.45, 7) is 1.84. The van der Waals surface area contributed by atoms with E-state index in [1.54, 1.807) is 18.2 Å². The van der Waals surface area contributed by atoms with Crippen LogP contribution in [0.5, 0.6) is 0 Å². The molecule has 1 amide bonds. The standard InChI is InChI=1S/C27H25F4N3O/c28-23-9-5-4-6-18(23)16-32-26(35)22-15-19-14-20(27(29,30)31)10-11-24(19)34-13-12-33(17-25(22)34)21-7-2-1-3-8-21/h1-11,14,22,25H,12-13,15-17H2,(H,32,35)/t22-,25-/m1/s1. The Hall–Kier alpha value is -3.55. The van der Waals surface area contributed by atoms with Crippen LogP contribution in [0.15, 0.2) is 72.8 Å². The zero-order chi connectivity index (χ0) is 24.6. The molecule has 0 bridgehead atoms. The van der Waals surface area contributed by atoms with Crippen LogP contribution < -0.4 is 15.1 Å². The second kappa shape index (κ2) is 9.24. The Morgan fingerprint density at radius 1 is 0.971 bits per heavy atom. The Morgan fingerprint density at radius 2 is 1.71 bits per heavy atom. The number of piperazine rings is 1. The third-order valence-corrected chi connectivity index (χ3v) is 6.91. The number of anilines is 2. The van der Waals surface area contributed by atoms with Crippen molar-refractivity contribution in [3.8, 4) is 0 Å². The molecule has 0 unspecified atom stereocenters. The Bertz CT molecular complexity index is 1210. The predicted octanol–water partition coefficient (Wildman–Crippen LogP) is 5.03. The van der Waals surface area contributed by atoms with Crippen molar-refractivity contribution in [1.29, 1.82) is 0 Å². The lowest BCUT2D eigenvalue weighted by Gasteiger charge is -2.49. The summed E-state index contributed by atoms with van der Waals surface area (Å²) in [7, 11) is 0. The van der Waals surface area contributed by atoms with E-state index < -0.39 is 23.5 Å². The topological polar surface area (TPSA) is 35.6 Å². The summed E-state index contributed by atoms with van der Waals surface area (Å²) in [5.74, 6) is -1.28. The summed E-state index contributed by atoms with van der Waals surface area (Å²) in [6.07, 6.45) is -4.27. The van der Waals surface area contributed by atoms with Gasteiger partial charge in [0.25, 0.3) is 0 Å². The van der Waals surface area contributed by atoms with Gasteiger partial charge in [-0.1, -0.05) is 36.4 Å². The van der Waals surface area contributed by atoms with Gasteiger partial charge in [-0.15, -0.1) is 0 Å². The van der Waals surface area contributed by atoms with Crippen molar-refractivity contribution in [1.82, 2.24) is 5.32 Å². The number of fused-ring (bicyclic) bond motifs is 3. The summed E-state index contributed by atoms with van der Waals surface area (Å²) in [5, 5.41) is 2.83. The fourth-order valence-electron chi connectivity index (χ4n) is 5.13. The van der Waals surface area contributed by atoms with E-state index >= 15 is 0 Å². The Morgan fingerprint density at radius 3 is 2.46 bits per heavy atom. The van der Waals surface area contributed by atoms with Gasteiger partial charge in [0, 0.05) is 43.1 Å². The molecule has 5 rings (SSSR count). The first-order valence-electron chi connectivity index (χ1n) is 11.6. The molecule has 2 aliphatic heterocycles. The van der Waals surface area contributed by atoms with E-state index in [-0.39, 0.29) is 24.9 Å². The molecule has 182 valence electrons. The summed E-state index contributed by atoms with van der Waals surface area (Å²) in [4.78, 5) is 17.6. The van der Waals surface area contributed by atoms with Crippen molar-refractivity contribution in [3.05, 3.63) is 95.3 Å². The maximum Gasteiger partial charge on any atom is 0.416 e. The molecule has 2 aliphatic rings. The maximum atomic E-state index is 14.1. The molecule has 0 aromatic heterocycles. The lowest BCUT2D eigenvalue weighted by molar-refractivity contribution is -0.137. The van der Waals surface area contributed by atoms with Gasteiger partial charge in [-0.3, -0.25) is 4.79 Å². The van der Waals surface area contributed by atoms with Crippen LogP contribution in [0, 0.1) is 11.7 Å². The van der Waals surface area contributed by atoms with Crippen molar-refractivity contribution in [3.63, 3.8) is 0 Å². The van der Waals surface area contributed by atoms with E-state index in [4.69, 9.17) is 0 Å². The number of hydrogen-bond donors (Lipinski definition) is 1. The molecule has 1 saturated heterocycles. The van der Waals surface area contributed by atoms with Crippen molar-refractivity contribution in [2.75, 3.05) is 29.4 Å². The van der Waals surface area contributed by atoms with Gasteiger partial charge >= 0.3 is 6.18 Å². The average molecular weight is 484 g/mol. The van der Waals surface area contributed by atoms with Crippen LogP contribution in [0.3, 0.4) is 0 Å². The first-order chi connectivity index (χ1) is 16.8. The van der Waals surface area contributed by atoms with Gasteiger partial charge in [-0.2, -0.15) is 13.2 Å². The maximum absolute atomic E-state index is 14.1. The summed E-state index contributed by atoms with van der Waals surface area (Å²) >= 11 is 0. The van der Waals surface area contributed by atoms with Crippen LogP contribution in [-0.2, 0) is 23.9 Å². The van der Waals surface area contributed by atoms with Crippen molar-refractivity contribution in [2.45, 2.75) is 25.2 Å². The van der Waals surface area contributed by atoms with E-state index in [1.165, 1.54) is 12.1 Å². The van der Waals surface area contributed by atoms with Crippen LogP contribution >= 0.6 is 0 Å². The molecule has 2 heterocycles. The minimum Gasteiger partial charge on any atom is -0.368 e. The van der Waals surface area contributed by atoms with Crippen molar-refractivity contribution >= 4 is 17.3 Å². The lowest BCUT2D eigenvalue weighted by Crippen LogP contribution is -2.61. The number of nitrogens with zero attached hydrogens (tertiary/aromatic N) is 2. The summed E-state index contributed by atoms with van der Waals surface area (Å²) in [6, 6.07) is 19.6. The Kier molecular flexibility index (Phi) is 6.13. The molecule has 8 heteroatoms. The molecule has 4 nitrogen and oxygen atoms in total. The number of halogens is 4. The van der Waals surface area contributed by atoms with Crippen LogP contribution in [0.25, 0.3) is 0 Å². The highest BCUT2D eigenvalue weighted by Crippen LogP contribution is 2.40. The van der Waals surface area contributed by atoms with Gasteiger partial charge < -0.3 is 15.1 Å². The van der Waals surface area contributed by atoms with Gasteiger partial charge in [-0.05, 0) is 48.4 Å². The largest absolute Gasteiger partial charge is 0.416 e. The zero-order valence-corrected chi connectivity index (χ0v) is 18.9. The molecule has 1 N–H and O–H groups in total. The molecule has 3 aromatic rings. The number of amides is 1. The van der Waals surface area contributed by atoms with Gasteiger partial charge in [0.15, 0.2) is 0 Å². The highest BCUT2D eigenvalue weighted by atomic mass is 19.4. The number of carbonyl (C=O) groups is 1. The van der Waals surface area contributed by atoms with Gasteiger partial charge in [-0.25, -0.2) is 4.39 Å². The fraction of sp³-hybridized carbons (Fsp3) is 0.296. The van der Waals surface area contributed by atoms with Crippen molar-refractivity contribution in [2.24, 2.45) is 5.92 Å². The monoisotopic (exact) mass is 483 g/mol. The van der Waals surface area contributed by atoms with E-state index in [9.17, 15) is 22.4 Å². The smallest absolute Gasteiger partial charge is 0.368 e. The molecule has 1 fully saturated rings. The number of para-hydroxylation sites is 1. The number of hydrogen-bond acceptors (Lipinski definition) is 3. The molecular formula is C27H25F4N3O. The Balaban J connectivity index is 1.44. The number of alkyl halides is 3. The van der Waals surface area contributed by atoms with Crippen molar-refractivity contribution < 1.29 is 22.4 Å². The van der Waals surface area contributed by atoms with Gasteiger partial charge in [0.2, 0.25) is 5.91 Å². The molecule has 0 radical (unpaired) electrons. The minimum absolute atomic E-state index is 0.0204. The van der Waals surface area contributed by atoms with Gasteiger partial charge in [0.05, 0.1) is 17.5 Å². The van der Waals surface area contributed by atoms with Crippen LogP contribution in [0.1, 0.15) is 16.7 Å². The molecule has 0 spiro atoms. The first kappa shape index (κ1) is 23.2.